The lowest BCUT2D eigenvalue weighted by molar-refractivity contribution is 0.372. The number of nitrogens with zero attached hydrogens (tertiary/aromatic N) is 1. The molecule has 5 rings (SSSR count). The molecule has 0 atom stereocenters. The first-order chi connectivity index (χ1) is 15.3. The molecule has 170 valence electrons. The Morgan fingerprint density at radius 1 is 1.03 bits per heavy atom. The predicted octanol–water partition coefficient (Wildman–Crippen LogP) is 5.44. The Labute approximate surface area is 192 Å². The third-order valence-electron chi connectivity index (χ3n) is 4.24. The number of hydrogen-bond acceptors (Lipinski definition) is 6. The lowest BCUT2D eigenvalue weighted by Gasteiger charge is -1.91. The third-order valence-corrected chi connectivity index (χ3v) is 4.95. The Morgan fingerprint density at radius 2 is 1.65 bits per heavy atom. The van der Waals surface area contributed by atoms with Crippen molar-refractivity contribution in [1.29, 1.82) is 0 Å². The summed E-state index contributed by atoms with van der Waals surface area (Å²) in [6.07, 6.45) is 5.10. The molecule has 3 aliphatic heterocycles. The van der Waals surface area contributed by atoms with E-state index in [9.17, 15) is 0 Å². The monoisotopic (exact) mass is 442 g/mol. The Balaban J connectivity index is 0.000000205. The number of hydrogen-bond donors (Lipinski definition) is 3. The molecule has 0 amide bonds. The molecule has 31 heavy (non-hydrogen) atoms. The highest BCUT2D eigenvalue weighted by atomic mass is 32.2. The van der Waals surface area contributed by atoms with Crippen LogP contribution < -0.4 is 21.1 Å². The number of anilines is 1. The minimum Gasteiger partial charge on any atom is -0.471 e. The number of aliphatic imine (C=N–C) groups is 1. The van der Waals surface area contributed by atoms with Gasteiger partial charge in [0.05, 0.1) is 11.2 Å². The van der Waals surface area contributed by atoms with Gasteiger partial charge in [-0.1, -0.05) is 55.5 Å². The lowest BCUT2D eigenvalue weighted by atomic mass is 10.1. The van der Waals surface area contributed by atoms with Crippen LogP contribution in [0.4, 0.5) is 5.69 Å². The fraction of sp³-hybridized carbons (Fsp3) is 0.400. The lowest BCUT2D eigenvalue weighted by Crippen LogP contribution is -1.99. The van der Waals surface area contributed by atoms with Crippen molar-refractivity contribution in [1.82, 2.24) is 5.32 Å². The maximum absolute atomic E-state index is 5.19. The van der Waals surface area contributed by atoms with Gasteiger partial charge in [0.15, 0.2) is 6.73 Å². The summed E-state index contributed by atoms with van der Waals surface area (Å²) >= 11 is 1.78. The van der Waals surface area contributed by atoms with E-state index in [2.05, 4.69) is 46.8 Å². The molecule has 4 N–H and O–H groups in total. The molecule has 0 saturated carbocycles. The van der Waals surface area contributed by atoms with E-state index in [-0.39, 0.29) is 0 Å². The van der Waals surface area contributed by atoms with E-state index >= 15 is 0 Å². The minimum absolute atomic E-state index is 0.610. The molecule has 2 aromatic carbocycles. The molecular formula is C25H38N4OS. The van der Waals surface area contributed by atoms with Gasteiger partial charge >= 0.3 is 0 Å². The summed E-state index contributed by atoms with van der Waals surface area (Å²) in [6, 6.07) is 16.4. The van der Waals surface area contributed by atoms with Crippen molar-refractivity contribution in [3.8, 4) is 5.75 Å². The Hall–Kier alpha value is -2.28. The average molecular weight is 443 g/mol. The number of nitrogens with one attached hydrogen (secondary N) is 2. The van der Waals surface area contributed by atoms with Crippen LogP contribution in [0.5, 0.6) is 5.75 Å². The SMILES string of the molecule is C/C=C\C.C1=NCCS1.CCCN.c1ccc2c(c1)CNC2.c1ccc2c(c1)NCO2. The van der Waals surface area contributed by atoms with Crippen LogP contribution in [-0.2, 0) is 13.1 Å². The summed E-state index contributed by atoms with van der Waals surface area (Å²) in [5.41, 5.74) is 10.9. The van der Waals surface area contributed by atoms with Crippen molar-refractivity contribution in [3.63, 3.8) is 0 Å². The van der Waals surface area contributed by atoms with Gasteiger partial charge in [-0.25, -0.2) is 0 Å². The van der Waals surface area contributed by atoms with Crippen LogP contribution in [-0.4, -0.2) is 31.1 Å². The van der Waals surface area contributed by atoms with E-state index in [1.165, 1.54) is 16.9 Å². The van der Waals surface area contributed by atoms with Crippen LogP contribution in [0.1, 0.15) is 38.3 Å². The summed E-state index contributed by atoms with van der Waals surface area (Å²) in [6.45, 7) is 10.6. The highest BCUT2D eigenvalue weighted by Gasteiger charge is 2.07. The van der Waals surface area contributed by atoms with E-state index in [1.807, 2.05) is 55.8 Å². The molecule has 3 heterocycles. The van der Waals surface area contributed by atoms with Gasteiger partial charge in [0.2, 0.25) is 0 Å². The zero-order valence-electron chi connectivity index (χ0n) is 19.1. The second kappa shape index (κ2) is 18.5. The molecule has 0 unspecified atom stereocenters. The zero-order valence-corrected chi connectivity index (χ0v) is 20.0. The normalized spacial score (nSPS) is 14.1. The summed E-state index contributed by atoms with van der Waals surface area (Å²) < 4.78 is 5.19. The Bertz CT molecular complexity index is 657. The number of allylic oxidation sites excluding steroid dienone is 2. The van der Waals surface area contributed by atoms with Gasteiger partial charge in [-0.05, 0) is 50.1 Å². The van der Waals surface area contributed by atoms with Crippen LogP contribution in [0.15, 0.2) is 65.7 Å². The molecular weight excluding hydrogens is 404 g/mol. The van der Waals surface area contributed by atoms with Crippen molar-refractivity contribution < 1.29 is 4.74 Å². The van der Waals surface area contributed by atoms with Gasteiger partial charge in [-0.2, -0.15) is 0 Å². The largest absolute Gasteiger partial charge is 0.471 e. The molecule has 0 aliphatic carbocycles. The number of benzene rings is 2. The molecule has 0 saturated heterocycles. The number of thioether (sulfide) groups is 1. The molecule has 0 bridgehead atoms. The van der Waals surface area contributed by atoms with Crippen molar-refractivity contribution in [2.45, 2.75) is 40.3 Å². The molecule has 2 aromatic rings. The third kappa shape index (κ3) is 12.2. The molecule has 5 nitrogen and oxygen atoms in total. The maximum atomic E-state index is 5.19. The van der Waals surface area contributed by atoms with Gasteiger partial charge in [0.1, 0.15) is 5.75 Å². The van der Waals surface area contributed by atoms with Crippen LogP contribution in [0.25, 0.3) is 0 Å². The van der Waals surface area contributed by atoms with Crippen molar-refractivity contribution >= 4 is 23.0 Å². The first-order valence-electron chi connectivity index (χ1n) is 10.9. The van der Waals surface area contributed by atoms with Gasteiger partial charge < -0.3 is 21.1 Å². The van der Waals surface area contributed by atoms with Crippen LogP contribution in [0.3, 0.4) is 0 Å². The summed E-state index contributed by atoms with van der Waals surface area (Å²) in [7, 11) is 0. The number of ether oxygens (including phenoxy) is 1. The summed E-state index contributed by atoms with van der Waals surface area (Å²) in [5.74, 6) is 2.15. The molecule has 6 heteroatoms. The number of fused-ring (bicyclic) bond motifs is 2. The first-order valence-corrected chi connectivity index (χ1v) is 11.9. The Kier molecular flexibility index (Phi) is 16.0. The second-order valence-electron chi connectivity index (χ2n) is 6.67. The fourth-order valence-electron chi connectivity index (χ4n) is 2.43. The fourth-order valence-corrected chi connectivity index (χ4v) is 2.95. The van der Waals surface area contributed by atoms with Crippen molar-refractivity contribution in [2.24, 2.45) is 10.7 Å². The average Bonchev–Trinajstić information content (AvgIpc) is 3.62. The second-order valence-corrected chi connectivity index (χ2v) is 7.62. The van der Waals surface area contributed by atoms with Crippen LogP contribution >= 0.6 is 11.8 Å². The molecule has 3 aliphatic rings. The van der Waals surface area contributed by atoms with E-state index in [0.717, 1.165) is 44.0 Å². The molecule has 0 aromatic heterocycles. The topological polar surface area (TPSA) is 71.7 Å². The van der Waals surface area contributed by atoms with Crippen molar-refractivity contribution in [3.05, 3.63) is 71.8 Å². The van der Waals surface area contributed by atoms with Gasteiger partial charge in [-0.15, -0.1) is 11.8 Å². The number of nitrogens with two attached hydrogens (primary N) is 1. The highest BCUT2D eigenvalue weighted by Crippen LogP contribution is 2.27. The van der Waals surface area contributed by atoms with Gasteiger partial charge in [-0.3, -0.25) is 4.99 Å². The summed E-state index contributed by atoms with van der Waals surface area (Å²) in [4.78, 5) is 3.92. The maximum Gasteiger partial charge on any atom is 0.159 e. The minimum atomic E-state index is 0.610. The highest BCUT2D eigenvalue weighted by molar-refractivity contribution is 8.12. The van der Waals surface area contributed by atoms with E-state index in [1.54, 1.807) is 11.8 Å². The Morgan fingerprint density at radius 3 is 2.10 bits per heavy atom. The summed E-state index contributed by atoms with van der Waals surface area (Å²) in [5, 5.41) is 6.37. The van der Waals surface area contributed by atoms with Crippen LogP contribution in [0, 0.1) is 0 Å². The van der Waals surface area contributed by atoms with Crippen molar-refractivity contribution in [2.75, 3.05) is 30.9 Å². The molecule has 0 spiro atoms. The predicted molar refractivity (Wildman–Crippen MR) is 138 cm³/mol. The molecule has 0 fully saturated rings. The van der Waals surface area contributed by atoms with Crippen LogP contribution in [0.2, 0.25) is 0 Å². The first kappa shape index (κ1) is 26.8. The standard InChI is InChI=1S/C8H9N.C7H7NO.C4H8.C3H5NS.C3H9N/c1-2-4-8-6-9-5-7(8)3-1;1-2-4-7-6(3-1)8-5-9-7;1-3-4-2;1-2-5-3-4-1;1-2-3-4/h1-4,9H,5-6H2;1-4,8H,5H2;3-4H,1-2H3;3H,1-2H2;2-4H2,1H3/b;;4-3-;;. The smallest absolute Gasteiger partial charge is 0.159 e. The van der Waals surface area contributed by atoms with E-state index in [4.69, 9.17) is 10.5 Å². The van der Waals surface area contributed by atoms with E-state index < -0.39 is 0 Å². The quantitative estimate of drug-likeness (QED) is 0.513. The van der Waals surface area contributed by atoms with E-state index in [0.29, 0.717) is 6.73 Å². The van der Waals surface area contributed by atoms with Gasteiger partial charge in [0, 0.05) is 25.4 Å². The van der Waals surface area contributed by atoms with Gasteiger partial charge in [0.25, 0.3) is 0 Å². The molecule has 0 radical (unpaired) electrons. The zero-order chi connectivity index (χ0) is 22.6. The number of para-hydroxylation sites is 2. The number of rotatable bonds is 1.